The van der Waals surface area contributed by atoms with Gasteiger partial charge in [-0.25, -0.2) is 4.85 Å². The number of anilines is 1. The van der Waals surface area contributed by atoms with Gasteiger partial charge in [0.15, 0.2) is 5.70 Å². The second-order valence-corrected chi connectivity index (χ2v) is 7.14. The fourth-order valence-electron chi connectivity index (χ4n) is 2.67. The van der Waals surface area contributed by atoms with Crippen LogP contribution in [0.15, 0.2) is 48.5 Å². The smallest absolute Gasteiger partial charge is 0.195 e. The highest BCUT2D eigenvalue weighted by Gasteiger charge is 2.07. The van der Waals surface area contributed by atoms with Crippen LogP contribution in [0.5, 0.6) is 0 Å². The molecule has 1 aromatic heterocycles. The summed E-state index contributed by atoms with van der Waals surface area (Å²) in [5.74, 6) is 0. The van der Waals surface area contributed by atoms with Crippen LogP contribution in [0.1, 0.15) is 16.0 Å². The third kappa shape index (κ3) is 3.90. The lowest BCUT2D eigenvalue weighted by Crippen LogP contribution is -2.20. The second-order valence-electron chi connectivity index (χ2n) is 6.02. The van der Waals surface area contributed by atoms with Crippen molar-refractivity contribution in [1.82, 2.24) is 0 Å². The first-order valence-electron chi connectivity index (χ1n) is 8.12. The van der Waals surface area contributed by atoms with Gasteiger partial charge in [0.25, 0.3) is 0 Å². The van der Waals surface area contributed by atoms with Crippen LogP contribution in [0.4, 0.5) is 5.69 Å². The summed E-state index contributed by atoms with van der Waals surface area (Å²) in [7, 11) is 1.97. The Hall–Kier alpha value is -2.61. The molecule has 0 fully saturated rings. The highest BCUT2D eigenvalue weighted by atomic mass is 32.1. The first-order valence-corrected chi connectivity index (χ1v) is 8.94. The Morgan fingerprint density at radius 2 is 1.96 bits per heavy atom. The zero-order valence-corrected chi connectivity index (χ0v) is 15.2. The number of aliphatic hydroxyl groups is 1. The lowest BCUT2D eigenvalue weighted by atomic mass is 10.1. The van der Waals surface area contributed by atoms with Gasteiger partial charge in [-0.15, -0.1) is 11.3 Å². The predicted molar refractivity (Wildman–Crippen MR) is 108 cm³/mol. The number of hydrogen-bond acceptors (Lipinski definition) is 3. The van der Waals surface area contributed by atoms with Gasteiger partial charge >= 0.3 is 0 Å². The van der Waals surface area contributed by atoms with Crippen molar-refractivity contribution in [2.45, 2.75) is 6.92 Å². The highest BCUT2D eigenvalue weighted by molar-refractivity contribution is 7.19. The molecule has 3 rings (SSSR count). The average molecular weight is 348 g/mol. The number of aliphatic hydroxyl groups excluding tert-OH is 1. The van der Waals surface area contributed by atoms with E-state index in [-0.39, 0.29) is 6.61 Å². The molecule has 0 radical (unpaired) electrons. The number of thiophene rings is 1. The molecule has 1 heterocycles. The predicted octanol–water partition coefficient (Wildman–Crippen LogP) is 5.06. The molecular weight excluding hydrogens is 328 g/mol. The maximum absolute atomic E-state index is 9.09. The standard InChI is InChI=1S/C21H20N2OS/c1-15-4-6-16(7-5-15)20(22-2)14-19-12-17-8-9-18(13-21(17)25-19)23(3)10-11-24/h4-9,12-14,24H,10-11H2,1,3H3/b20-14-. The number of rotatable bonds is 5. The normalized spacial score (nSPS) is 11.5. The molecule has 0 saturated carbocycles. The molecule has 4 heteroatoms. The molecule has 0 bridgehead atoms. The van der Waals surface area contributed by atoms with E-state index >= 15 is 0 Å². The van der Waals surface area contributed by atoms with Crippen molar-refractivity contribution in [3.8, 4) is 0 Å². The van der Waals surface area contributed by atoms with Crippen LogP contribution in [0.2, 0.25) is 0 Å². The van der Waals surface area contributed by atoms with Gasteiger partial charge in [0.05, 0.1) is 13.2 Å². The van der Waals surface area contributed by atoms with Crippen LogP contribution in [0.25, 0.3) is 26.7 Å². The Bertz CT molecular complexity index is 948. The van der Waals surface area contributed by atoms with Crippen molar-refractivity contribution >= 4 is 38.9 Å². The summed E-state index contributed by atoms with van der Waals surface area (Å²) in [6, 6.07) is 16.5. The molecule has 126 valence electrons. The molecule has 0 amide bonds. The maximum atomic E-state index is 9.09. The lowest BCUT2D eigenvalue weighted by molar-refractivity contribution is 0.304. The van der Waals surface area contributed by atoms with E-state index in [1.807, 2.05) is 49.2 Å². The van der Waals surface area contributed by atoms with E-state index in [2.05, 4.69) is 29.1 Å². The summed E-state index contributed by atoms with van der Waals surface area (Å²) in [4.78, 5) is 6.81. The number of benzene rings is 2. The summed E-state index contributed by atoms with van der Waals surface area (Å²) in [5.41, 5.74) is 3.88. The molecule has 0 spiro atoms. The third-order valence-electron chi connectivity index (χ3n) is 4.15. The SMILES string of the molecule is [C-]#[N+]/C(=C\c1cc2ccc(N(C)CCO)cc2s1)c1ccc(C)cc1. The fourth-order valence-corrected chi connectivity index (χ4v) is 3.70. The number of fused-ring (bicyclic) bond motifs is 1. The molecule has 3 aromatic rings. The fraction of sp³-hybridized carbons (Fsp3) is 0.190. The van der Waals surface area contributed by atoms with Gasteiger partial charge in [0.1, 0.15) is 0 Å². The van der Waals surface area contributed by atoms with Gasteiger partial charge < -0.3 is 10.0 Å². The zero-order chi connectivity index (χ0) is 17.8. The van der Waals surface area contributed by atoms with Crippen LogP contribution in [0.3, 0.4) is 0 Å². The van der Waals surface area contributed by atoms with Gasteiger partial charge in [-0.1, -0.05) is 35.9 Å². The topological polar surface area (TPSA) is 27.8 Å². The molecule has 0 atom stereocenters. The molecule has 0 aliphatic rings. The minimum absolute atomic E-state index is 0.137. The van der Waals surface area contributed by atoms with Gasteiger partial charge in [-0.05, 0) is 42.1 Å². The molecule has 0 saturated heterocycles. The summed E-state index contributed by atoms with van der Waals surface area (Å²) in [6.45, 7) is 10.3. The Labute approximate surface area is 152 Å². The van der Waals surface area contributed by atoms with Crippen LogP contribution >= 0.6 is 11.3 Å². The molecule has 3 nitrogen and oxygen atoms in total. The summed E-state index contributed by atoms with van der Waals surface area (Å²) in [6.07, 6.45) is 1.96. The second kappa shape index (κ2) is 7.52. The van der Waals surface area contributed by atoms with Crippen LogP contribution in [0, 0.1) is 13.5 Å². The number of nitrogens with zero attached hydrogens (tertiary/aromatic N) is 2. The number of likely N-dealkylation sites (N-methyl/N-ethyl adjacent to an activating group) is 1. The van der Waals surface area contributed by atoms with E-state index in [4.69, 9.17) is 11.7 Å². The van der Waals surface area contributed by atoms with Gasteiger partial charge in [0, 0.05) is 28.9 Å². The Morgan fingerprint density at radius 3 is 2.64 bits per heavy atom. The van der Waals surface area contributed by atoms with Crippen molar-refractivity contribution in [3.05, 3.63) is 76.0 Å². The zero-order valence-electron chi connectivity index (χ0n) is 14.4. The van der Waals surface area contributed by atoms with Crippen molar-refractivity contribution in [2.75, 3.05) is 25.1 Å². The highest BCUT2D eigenvalue weighted by Crippen LogP contribution is 2.32. The first-order chi connectivity index (χ1) is 12.1. The Kier molecular flexibility index (Phi) is 5.18. The van der Waals surface area contributed by atoms with Crippen molar-refractivity contribution in [1.29, 1.82) is 0 Å². The largest absolute Gasteiger partial charge is 0.395 e. The van der Waals surface area contributed by atoms with Gasteiger partial charge in [-0.3, -0.25) is 0 Å². The molecular formula is C21H20N2OS. The molecule has 2 aromatic carbocycles. The monoisotopic (exact) mass is 348 g/mol. The molecule has 25 heavy (non-hydrogen) atoms. The summed E-state index contributed by atoms with van der Waals surface area (Å²) < 4.78 is 1.18. The number of aryl methyl sites for hydroxylation is 1. The molecule has 0 aliphatic carbocycles. The Morgan fingerprint density at radius 1 is 1.20 bits per heavy atom. The van der Waals surface area contributed by atoms with E-state index in [1.54, 1.807) is 11.3 Å². The lowest BCUT2D eigenvalue weighted by Gasteiger charge is -2.17. The van der Waals surface area contributed by atoms with Crippen LogP contribution in [-0.4, -0.2) is 25.3 Å². The third-order valence-corrected chi connectivity index (χ3v) is 5.19. The van der Waals surface area contributed by atoms with Gasteiger partial charge in [0.2, 0.25) is 0 Å². The van der Waals surface area contributed by atoms with Gasteiger partial charge in [-0.2, -0.15) is 0 Å². The van der Waals surface area contributed by atoms with E-state index in [0.717, 1.165) is 16.1 Å². The quantitative estimate of drug-likeness (QED) is 0.653. The van der Waals surface area contributed by atoms with E-state index in [1.165, 1.54) is 15.6 Å². The molecule has 0 unspecified atom stereocenters. The number of hydrogen-bond donors (Lipinski definition) is 1. The van der Waals surface area contributed by atoms with Crippen molar-refractivity contribution < 1.29 is 5.11 Å². The summed E-state index contributed by atoms with van der Waals surface area (Å²) >= 11 is 1.68. The van der Waals surface area contributed by atoms with E-state index in [9.17, 15) is 0 Å². The Balaban J connectivity index is 1.95. The van der Waals surface area contributed by atoms with E-state index in [0.29, 0.717) is 12.2 Å². The van der Waals surface area contributed by atoms with Crippen molar-refractivity contribution in [2.24, 2.45) is 0 Å². The van der Waals surface area contributed by atoms with Crippen LogP contribution < -0.4 is 4.90 Å². The molecule has 0 aliphatic heterocycles. The summed E-state index contributed by atoms with van der Waals surface area (Å²) in [5, 5.41) is 10.3. The minimum atomic E-state index is 0.137. The van der Waals surface area contributed by atoms with Crippen molar-refractivity contribution in [3.63, 3.8) is 0 Å². The van der Waals surface area contributed by atoms with E-state index < -0.39 is 0 Å². The average Bonchev–Trinajstić information content (AvgIpc) is 3.02. The minimum Gasteiger partial charge on any atom is -0.395 e. The van der Waals surface area contributed by atoms with Crippen LogP contribution in [-0.2, 0) is 0 Å². The first kappa shape index (κ1) is 17.2. The molecule has 1 N–H and O–H groups in total. The maximum Gasteiger partial charge on any atom is 0.195 e.